The fraction of sp³-hybridized carbons (Fsp3) is 0.895. The van der Waals surface area contributed by atoms with Crippen molar-refractivity contribution in [1.29, 1.82) is 0 Å². The molecule has 3 unspecified atom stereocenters. The van der Waals surface area contributed by atoms with Crippen molar-refractivity contribution in [2.45, 2.75) is 290 Å². The fourth-order valence-electron chi connectivity index (χ4n) is 8.41. The van der Waals surface area contributed by atoms with Gasteiger partial charge in [-0.1, -0.05) is 232 Å². The highest BCUT2D eigenvalue weighted by Crippen LogP contribution is 2.43. The smallest absolute Gasteiger partial charge is 0.456 e. The van der Waals surface area contributed by atoms with Crippen LogP contribution in [0.4, 0.5) is 0 Å². The van der Waals surface area contributed by atoms with Crippen molar-refractivity contribution in [3.63, 3.8) is 0 Å². The highest BCUT2D eigenvalue weighted by Gasteiger charge is 2.30. The Morgan fingerprint density at radius 3 is 1.28 bits per heavy atom. The number of ether oxygens (including phenoxy) is 1. The molecule has 0 heterocycles. The van der Waals surface area contributed by atoms with Crippen molar-refractivity contribution in [3.8, 4) is 0 Å². The molecule has 67 heavy (non-hydrogen) atoms. The molecular formula is C57H112N2O7P+. The number of quaternary nitrogens is 1. The van der Waals surface area contributed by atoms with Crippen molar-refractivity contribution in [2.24, 2.45) is 0 Å². The van der Waals surface area contributed by atoms with Gasteiger partial charge < -0.3 is 19.4 Å². The third-order valence-corrected chi connectivity index (χ3v) is 13.9. The Labute approximate surface area is 415 Å². The number of hydrogen-bond donors (Lipinski definition) is 2. The molecule has 0 radical (unpaired) electrons. The number of likely N-dealkylation sites (N-methyl/N-ethyl adjacent to an activating group) is 1. The van der Waals surface area contributed by atoms with Gasteiger partial charge in [0.1, 0.15) is 19.3 Å². The minimum Gasteiger partial charge on any atom is -0.456 e. The number of esters is 1. The monoisotopic (exact) mass is 968 g/mol. The number of carbonyl (C=O) groups excluding carboxylic acids is 2. The standard InChI is InChI=1S/C57H111N2O7P/c1-7-10-13-16-19-22-25-28-29-32-34-37-40-43-46-49-56(60)58-54(53-65-67(62,63)64-52-51-59(4,5)6)55(48-45-42-39-36-33-30-26-23-20-17-14-11-8-2)66-57(61)50-47-44-41-38-35-31-27-24-21-18-15-12-9-3/h31,35,45,48,54-55H,7-30,32-34,36-44,46-47,49-53H2,1-6H3,(H-,58,60,62,63)/p+1/b35-31-,48-45+. The van der Waals surface area contributed by atoms with E-state index in [-0.39, 0.29) is 31.5 Å². The largest absolute Gasteiger partial charge is 0.472 e. The summed E-state index contributed by atoms with van der Waals surface area (Å²) in [7, 11) is 1.50. The second kappa shape index (κ2) is 48.1. The van der Waals surface area contributed by atoms with E-state index in [2.05, 4.69) is 38.2 Å². The maximum Gasteiger partial charge on any atom is 0.472 e. The maximum atomic E-state index is 13.5. The minimum absolute atomic E-state index is 0.0414. The zero-order valence-electron chi connectivity index (χ0n) is 45.2. The van der Waals surface area contributed by atoms with Gasteiger partial charge in [0.2, 0.25) is 5.91 Å². The zero-order valence-corrected chi connectivity index (χ0v) is 46.1. The molecule has 0 bridgehead atoms. The summed E-state index contributed by atoms with van der Waals surface area (Å²) < 4.78 is 30.6. The summed E-state index contributed by atoms with van der Waals surface area (Å²) in [5, 5.41) is 3.05. The fourth-order valence-corrected chi connectivity index (χ4v) is 9.14. The van der Waals surface area contributed by atoms with Gasteiger partial charge in [0, 0.05) is 12.8 Å². The van der Waals surface area contributed by atoms with Crippen LogP contribution in [0.2, 0.25) is 0 Å². The summed E-state index contributed by atoms with van der Waals surface area (Å²) in [6.45, 7) is 7.02. The lowest BCUT2D eigenvalue weighted by Gasteiger charge is -2.27. The molecule has 0 aromatic heterocycles. The third-order valence-electron chi connectivity index (χ3n) is 12.9. The van der Waals surface area contributed by atoms with Crippen LogP contribution in [0.3, 0.4) is 0 Å². The van der Waals surface area contributed by atoms with Gasteiger partial charge in [-0.3, -0.25) is 18.6 Å². The number of hydrogen-bond acceptors (Lipinski definition) is 6. The summed E-state index contributed by atoms with van der Waals surface area (Å²) in [6.07, 6.45) is 54.5. The second-order valence-corrected chi connectivity index (χ2v) is 22.3. The van der Waals surface area contributed by atoms with Crippen molar-refractivity contribution in [1.82, 2.24) is 5.32 Å². The molecule has 10 heteroatoms. The Morgan fingerprint density at radius 1 is 0.507 bits per heavy atom. The Balaban J connectivity index is 5.37. The molecule has 3 atom stereocenters. The number of unbranched alkanes of at least 4 members (excludes halogenated alkanes) is 34. The van der Waals surface area contributed by atoms with E-state index < -0.39 is 20.0 Å². The molecule has 2 N–H and O–H groups in total. The van der Waals surface area contributed by atoms with Crippen LogP contribution < -0.4 is 5.32 Å². The number of phosphoric ester groups is 1. The molecule has 0 saturated heterocycles. The van der Waals surface area contributed by atoms with Crippen LogP contribution in [0.1, 0.15) is 278 Å². The number of allylic oxidation sites excluding steroid dienone is 3. The van der Waals surface area contributed by atoms with Crippen LogP contribution in [-0.2, 0) is 27.9 Å². The highest BCUT2D eigenvalue weighted by molar-refractivity contribution is 7.47. The summed E-state index contributed by atoms with van der Waals surface area (Å²) in [5.74, 6) is -0.512. The molecule has 0 aromatic carbocycles. The first kappa shape index (κ1) is 65.5. The Hall–Kier alpha value is -1.51. The van der Waals surface area contributed by atoms with Gasteiger partial charge in [0.05, 0.1) is 33.8 Å². The van der Waals surface area contributed by atoms with Crippen LogP contribution in [0.25, 0.3) is 0 Å². The molecule has 0 spiro atoms. The predicted octanol–water partition coefficient (Wildman–Crippen LogP) is 17.0. The molecule has 9 nitrogen and oxygen atoms in total. The Kier molecular flexibility index (Phi) is 47.0. The molecule has 0 fully saturated rings. The van der Waals surface area contributed by atoms with Crippen LogP contribution >= 0.6 is 7.82 Å². The molecule has 1 amide bonds. The number of carbonyl (C=O) groups is 2. The van der Waals surface area contributed by atoms with E-state index in [0.717, 1.165) is 70.6 Å². The molecular weight excluding hydrogens is 856 g/mol. The molecule has 0 aliphatic carbocycles. The van der Waals surface area contributed by atoms with E-state index in [4.69, 9.17) is 13.8 Å². The topological polar surface area (TPSA) is 111 Å². The summed E-state index contributed by atoms with van der Waals surface area (Å²) in [4.78, 5) is 37.5. The quantitative estimate of drug-likeness (QED) is 0.0205. The zero-order chi connectivity index (χ0) is 49.4. The van der Waals surface area contributed by atoms with Crippen molar-refractivity contribution >= 4 is 19.7 Å². The number of rotatable bonds is 52. The van der Waals surface area contributed by atoms with Gasteiger partial charge in [0.15, 0.2) is 0 Å². The first-order chi connectivity index (χ1) is 32.4. The summed E-state index contributed by atoms with van der Waals surface area (Å²) >= 11 is 0. The Bertz CT molecular complexity index is 1210. The number of nitrogens with one attached hydrogen (secondary N) is 1. The van der Waals surface area contributed by atoms with Gasteiger partial charge in [0.25, 0.3) is 0 Å². The van der Waals surface area contributed by atoms with E-state index in [1.165, 1.54) is 173 Å². The normalized spacial score (nSPS) is 14.0. The van der Waals surface area contributed by atoms with Crippen molar-refractivity contribution in [3.05, 3.63) is 24.3 Å². The molecule has 0 aromatic rings. The van der Waals surface area contributed by atoms with Crippen LogP contribution in [0.15, 0.2) is 24.3 Å². The lowest BCUT2D eigenvalue weighted by Crippen LogP contribution is -2.47. The average molecular weight is 969 g/mol. The van der Waals surface area contributed by atoms with E-state index in [9.17, 15) is 19.0 Å². The summed E-state index contributed by atoms with van der Waals surface area (Å²) in [5.41, 5.74) is 0. The van der Waals surface area contributed by atoms with Crippen LogP contribution in [-0.4, -0.2) is 74.3 Å². The first-order valence-corrected chi connectivity index (χ1v) is 30.2. The van der Waals surface area contributed by atoms with E-state index >= 15 is 0 Å². The summed E-state index contributed by atoms with van der Waals surface area (Å²) in [6, 6.07) is -0.847. The van der Waals surface area contributed by atoms with Crippen molar-refractivity contribution in [2.75, 3.05) is 40.9 Å². The third kappa shape index (κ3) is 49.3. The van der Waals surface area contributed by atoms with Crippen LogP contribution in [0, 0.1) is 0 Å². The average Bonchev–Trinajstić information content (AvgIpc) is 3.28. The predicted molar refractivity (Wildman–Crippen MR) is 286 cm³/mol. The van der Waals surface area contributed by atoms with Gasteiger partial charge in [-0.15, -0.1) is 0 Å². The van der Waals surface area contributed by atoms with Gasteiger partial charge >= 0.3 is 13.8 Å². The molecule has 396 valence electrons. The molecule has 0 rings (SSSR count). The first-order valence-electron chi connectivity index (χ1n) is 28.7. The van der Waals surface area contributed by atoms with Gasteiger partial charge in [-0.2, -0.15) is 0 Å². The van der Waals surface area contributed by atoms with E-state index in [0.29, 0.717) is 17.4 Å². The Morgan fingerprint density at radius 2 is 0.866 bits per heavy atom. The lowest BCUT2D eigenvalue weighted by molar-refractivity contribution is -0.870. The van der Waals surface area contributed by atoms with Crippen LogP contribution in [0.5, 0.6) is 0 Å². The molecule has 0 saturated carbocycles. The SMILES string of the molecule is CCCCCCCC/C=C\CCCCCC(=O)OC(/C=C/CCCCCCCCCCCCC)C(COP(=O)(O)OCC[N+](C)(C)C)NC(=O)CCCCCCCCCCCCCCCCC. The molecule has 0 aliphatic heterocycles. The van der Waals surface area contributed by atoms with E-state index in [1.807, 2.05) is 33.3 Å². The minimum atomic E-state index is -4.44. The highest BCUT2D eigenvalue weighted by atomic mass is 31.2. The van der Waals surface area contributed by atoms with Gasteiger partial charge in [-0.25, -0.2) is 4.57 Å². The lowest BCUT2D eigenvalue weighted by atomic mass is 10.0. The number of amides is 1. The number of nitrogens with zero attached hydrogens (tertiary/aromatic N) is 1. The second-order valence-electron chi connectivity index (χ2n) is 20.8. The van der Waals surface area contributed by atoms with Gasteiger partial charge in [-0.05, 0) is 57.4 Å². The van der Waals surface area contributed by atoms with E-state index in [1.54, 1.807) is 0 Å². The number of phosphoric acid groups is 1. The maximum absolute atomic E-state index is 13.5. The molecule has 0 aliphatic rings. The van der Waals surface area contributed by atoms with Crippen molar-refractivity contribution < 1.29 is 37.3 Å².